The zero-order valence-corrected chi connectivity index (χ0v) is 16.6. The molecule has 9 heteroatoms. The number of ether oxygens (including phenoxy) is 1. The van der Waals surface area contributed by atoms with Crippen LogP contribution >= 0.6 is 11.3 Å². The minimum absolute atomic E-state index is 0.0956. The Morgan fingerprint density at radius 3 is 2.82 bits per heavy atom. The summed E-state index contributed by atoms with van der Waals surface area (Å²) in [6.07, 6.45) is 5.72. The van der Waals surface area contributed by atoms with Crippen LogP contribution in [0.25, 0.3) is 0 Å². The molecule has 28 heavy (non-hydrogen) atoms. The third-order valence-corrected chi connectivity index (χ3v) is 6.23. The van der Waals surface area contributed by atoms with Crippen LogP contribution in [0.1, 0.15) is 45.8 Å². The fourth-order valence-corrected chi connectivity index (χ4v) is 4.50. The molecule has 0 aromatic carbocycles. The number of nitrogens with zero attached hydrogens (tertiary/aromatic N) is 5. The van der Waals surface area contributed by atoms with Crippen molar-refractivity contribution in [3.63, 3.8) is 0 Å². The molecule has 0 N–H and O–H groups in total. The number of aryl methyl sites for hydroxylation is 1. The van der Waals surface area contributed by atoms with E-state index >= 15 is 0 Å². The van der Waals surface area contributed by atoms with Gasteiger partial charge < -0.3 is 14.5 Å². The molecule has 4 heterocycles. The predicted octanol–water partition coefficient (Wildman–Crippen LogP) is 1.90. The molecule has 2 aromatic rings. The van der Waals surface area contributed by atoms with Crippen LogP contribution in [0.2, 0.25) is 0 Å². The van der Waals surface area contributed by atoms with Crippen molar-refractivity contribution in [3.05, 3.63) is 34.3 Å². The molecule has 2 aliphatic heterocycles. The van der Waals surface area contributed by atoms with Gasteiger partial charge in [-0.05, 0) is 37.1 Å². The van der Waals surface area contributed by atoms with Gasteiger partial charge in [0.25, 0.3) is 11.8 Å². The van der Waals surface area contributed by atoms with Crippen LogP contribution < -0.4 is 0 Å². The summed E-state index contributed by atoms with van der Waals surface area (Å²) in [7, 11) is 0. The Hall–Kier alpha value is -2.26. The molecular formula is C19H25N5O3S. The van der Waals surface area contributed by atoms with E-state index in [1.165, 1.54) is 11.3 Å². The smallest absolute Gasteiger partial charge is 0.276 e. The number of hydrogen-bond donors (Lipinski definition) is 0. The Morgan fingerprint density at radius 2 is 2.04 bits per heavy atom. The molecule has 2 amide bonds. The molecule has 0 bridgehead atoms. The Labute approximate surface area is 168 Å². The Bertz CT molecular complexity index is 800. The molecule has 8 nitrogen and oxygen atoms in total. The lowest BCUT2D eigenvalue weighted by atomic mass is 9.99. The third kappa shape index (κ3) is 4.25. The van der Waals surface area contributed by atoms with Gasteiger partial charge >= 0.3 is 0 Å². The fraction of sp³-hybridized carbons (Fsp3) is 0.579. The zero-order chi connectivity index (χ0) is 19.3. The topological polar surface area (TPSA) is 80.6 Å². The molecule has 0 spiro atoms. The van der Waals surface area contributed by atoms with Crippen molar-refractivity contribution in [2.24, 2.45) is 0 Å². The normalized spacial score (nSPS) is 20.4. The van der Waals surface area contributed by atoms with Crippen molar-refractivity contribution < 1.29 is 14.3 Å². The van der Waals surface area contributed by atoms with Crippen LogP contribution in [-0.4, -0.2) is 75.5 Å². The van der Waals surface area contributed by atoms with Crippen LogP contribution in [0.3, 0.4) is 0 Å². The van der Waals surface area contributed by atoms with Gasteiger partial charge in [0, 0.05) is 32.2 Å². The number of likely N-dealkylation sites (tertiary alicyclic amines) is 1. The Kier molecular flexibility index (Phi) is 6.01. The Morgan fingerprint density at radius 1 is 1.18 bits per heavy atom. The average molecular weight is 404 g/mol. The summed E-state index contributed by atoms with van der Waals surface area (Å²) in [5.74, 6) is 0.0307. The van der Waals surface area contributed by atoms with Crippen LogP contribution in [0, 0.1) is 0 Å². The van der Waals surface area contributed by atoms with Crippen molar-refractivity contribution >= 4 is 23.2 Å². The molecule has 0 radical (unpaired) electrons. The number of carbonyl (C=O) groups excluding carboxylic acids is 2. The highest BCUT2D eigenvalue weighted by molar-refractivity contribution is 7.12. The average Bonchev–Trinajstić information content (AvgIpc) is 3.44. The maximum absolute atomic E-state index is 12.8. The van der Waals surface area contributed by atoms with Crippen molar-refractivity contribution in [1.29, 1.82) is 0 Å². The number of hydrogen-bond acceptors (Lipinski definition) is 6. The van der Waals surface area contributed by atoms with Crippen molar-refractivity contribution in [2.45, 2.75) is 38.3 Å². The SMILES string of the molecule is O=C(c1cn(CCC2CCCCN2C(=O)c2cccs2)nn1)N1CCOCC1. The lowest BCUT2D eigenvalue weighted by molar-refractivity contribution is 0.0299. The maximum atomic E-state index is 12.8. The summed E-state index contributed by atoms with van der Waals surface area (Å²) in [6, 6.07) is 4.00. The first-order valence-electron chi connectivity index (χ1n) is 9.84. The summed E-state index contributed by atoms with van der Waals surface area (Å²) < 4.78 is 7.00. The lowest BCUT2D eigenvalue weighted by Gasteiger charge is -2.35. The van der Waals surface area contributed by atoms with E-state index in [4.69, 9.17) is 4.74 Å². The molecule has 1 atom stereocenters. The number of rotatable bonds is 5. The highest BCUT2D eigenvalue weighted by atomic mass is 32.1. The van der Waals surface area contributed by atoms with Gasteiger partial charge in [0.1, 0.15) is 0 Å². The van der Waals surface area contributed by atoms with E-state index in [0.717, 1.165) is 37.1 Å². The fourth-order valence-electron chi connectivity index (χ4n) is 3.83. The van der Waals surface area contributed by atoms with Gasteiger partial charge in [0.15, 0.2) is 5.69 Å². The first kappa shape index (κ1) is 19.1. The van der Waals surface area contributed by atoms with Gasteiger partial charge in [0.2, 0.25) is 0 Å². The van der Waals surface area contributed by atoms with Crippen LogP contribution in [0.4, 0.5) is 0 Å². The van der Waals surface area contributed by atoms with E-state index in [0.29, 0.717) is 38.5 Å². The molecule has 2 aromatic heterocycles. The van der Waals surface area contributed by atoms with Crippen LogP contribution in [-0.2, 0) is 11.3 Å². The van der Waals surface area contributed by atoms with E-state index in [1.54, 1.807) is 15.8 Å². The van der Waals surface area contributed by atoms with E-state index < -0.39 is 0 Å². The predicted molar refractivity (Wildman–Crippen MR) is 104 cm³/mol. The van der Waals surface area contributed by atoms with Gasteiger partial charge in [-0.3, -0.25) is 14.3 Å². The third-order valence-electron chi connectivity index (χ3n) is 5.37. The number of piperidine rings is 1. The van der Waals surface area contributed by atoms with Gasteiger partial charge in [-0.1, -0.05) is 11.3 Å². The van der Waals surface area contributed by atoms with E-state index in [-0.39, 0.29) is 17.9 Å². The molecule has 1 unspecified atom stereocenters. The monoisotopic (exact) mass is 403 g/mol. The highest BCUT2D eigenvalue weighted by Gasteiger charge is 2.28. The molecular weight excluding hydrogens is 378 g/mol. The first-order valence-corrected chi connectivity index (χ1v) is 10.7. The van der Waals surface area contributed by atoms with E-state index in [9.17, 15) is 9.59 Å². The molecule has 2 fully saturated rings. The summed E-state index contributed by atoms with van der Waals surface area (Å²) in [5, 5.41) is 10.1. The summed E-state index contributed by atoms with van der Waals surface area (Å²) in [5.41, 5.74) is 0.372. The standard InChI is InChI=1S/C19H25N5O3S/c25-18(22-9-11-27-12-10-22)16-14-23(21-20-16)8-6-15-4-1-2-7-24(15)19(26)17-5-3-13-28-17/h3,5,13-15H,1-2,4,6-12H2. The van der Waals surface area contributed by atoms with Crippen LogP contribution in [0.15, 0.2) is 23.7 Å². The second-order valence-corrected chi connectivity index (χ2v) is 8.13. The van der Waals surface area contributed by atoms with Gasteiger partial charge in [-0.2, -0.15) is 0 Å². The minimum atomic E-state index is -0.0956. The summed E-state index contributed by atoms with van der Waals surface area (Å²) in [6.45, 7) is 3.76. The quantitative estimate of drug-likeness (QED) is 0.762. The lowest BCUT2D eigenvalue weighted by Crippen LogP contribution is -2.44. The van der Waals surface area contributed by atoms with E-state index in [1.807, 2.05) is 22.4 Å². The molecule has 2 aliphatic rings. The van der Waals surface area contributed by atoms with Crippen molar-refractivity contribution in [1.82, 2.24) is 24.8 Å². The number of morpholine rings is 1. The molecule has 4 rings (SSSR count). The number of thiophene rings is 1. The number of carbonyl (C=O) groups is 2. The molecule has 0 saturated carbocycles. The first-order chi connectivity index (χ1) is 13.7. The number of aromatic nitrogens is 3. The summed E-state index contributed by atoms with van der Waals surface area (Å²) >= 11 is 1.49. The highest BCUT2D eigenvalue weighted by Crippen LogP contribution is 2.24. The van der Waals surface area contributed by atoms with Crippen molar-refractivity contribution in [3.8, 4) is 0 Å². The van der Waals surface area contributed by atoms with Crippen molar-refractivity contribution in [2.75, 3.05) is 32.8 Å². The summed E-state index contributed by atoms with van der Waals surface area (Å²) in [4.78, 5) is 29.8. The van der Waals surface area contributed by atoms with Gasteiger partial charge in [-0.15, -0.1) is 16.4 Å². The molecule has 150 valence electrons. The van der Waals surface area contributed by atoms with Gasteiger partial charge in [0.05, 0.1) is 24.3 Å². The van der Waals surface area contributed by atoms with Crippen LogP contribution in [0.5, 0.6) is 0 Å². The maximum Gasteiger partial charge on any atom is 0.276 e. The molecule has 2 saturated heterocycles. The molecule has 0 aliphatic carbocycles. The van der Waals surface area contributed by atoms with Gasteiger partial charge in [-0.25, -0.2) is 0 Å². The minimum Gasteiger partial charge on any atom is -0.378 e. The number of amides is 2. The Balaban J connectivity index is 1.36. The largest absolute Gasteiger partial charge is 0.378 e. The second-order valence-electron chi connectivity index (χ2n) is 7.19. The zero-order valence-electron chi connectivity index (χ0n) is 15.8. The second kappa shape index (κ2) is 8.83. The van der Waals surface area contributed by atoms with E-state index in [2.05, 4.69) is 10.3 Å².